The van der Waals surface area contributed by atoms with Crippen molar-refractivity contribution in [2.45, 2.75) is 17.1 Å². The first-order valence-electron chi connectivity index (χ1n) is 6.22. The van der Waals surface area contributed by atoms with Gasteiger partial charge in [-0.05, 0) is 42.4 Å². The van der Waals surface area contributed by atoms with E-state index in [-0.39, 0.29) is 11.3 Å². The van der Waals surface area contributed by atoms with E-state index in [1.54, 1.807) is 6.07 Å². The van der Waals surface area contributed by atoms with Crippen LogP contribution >= 0.6 is 11.8 Å². The van der Waals surface area contributed by atoms with Gasteiger partial charge in [0.1, 0.15) is 5.03 Å². The van der Waals surface area contributed by atoms with Crippen molar-refractivity contribution in [2.24, 2.45) is 5.73 Å². The lowest BCUT2D eigenvalue weighted by Gasteiger charge is -2.03. The van der Waals surface area contributed by atoms with Gasteiger partial charge >= 0.3 is 0 Å². The molecule has 7 heteroatoms. The van der Waals surface area contributed by atoms with Gasteiger partial charge < -0.3 is 16.5 Å². The number of aromatic nitrogens is 3. The third-order valence-electron chi connectivity index (χ3n) is 2.99. The second-order valence-electron chi connectivity index (χ2n) is 4.64. The van der Waals surface area contributed by atoms with E-state index in [1.807, 2.05) is 25.1 Å². The molecule has 0 atom stereocenters. The Morgan fingerprint density at radius 3 is 2.90 bits per heavy atom. The van der Waals surface area contributed by atoms with E-state index in [1.165, 1.54) is 18.0 Å². The maximum Gasteiger partial charge on any atom is 0.250 e. The molecule has 0 spiro atoms. The number of pyridine rings is 1. The maximum atomic E-state index is 11.3. The lowest BCUT2D eigenvalue weighted by atomic mass is 10.2. The first kappa shape index (κ1) is 13.4. The van der Waals surface area contributed by atoms with Crippen LogP contribution in [0.15, 0.2) is 40.6 Å². The summed E-state index contributed by atoms with van der Waals surface area (Å²) in [6.07, 6.45) is 1.43. The van der Waals surface area contributed by atoms with Crippen molar-refractivity contribution in [1.82, 2.24) is 15.0 Å². The summed E-state index contributed by atoms with van der Waals surface area (Å²) in [7, 11) is 0. The van der Waals surface area contributed by atoms with Crippen LogP contribution in [0.1, 0.15) is 15.9 Å². The molecular weight excluding hydrogens is 286 g/mol. The van der Waals surface area contributed by atoms with Gasteiger partial charge in [0, 0.05) is 0 Å². The number of imidazole rings is 1. The SMILES string of the molecule is Cc1ccc2nc(Sc3cc(C(N)=O)c(N)cn3)[nH]c2c1. The number of aryl methyl sites for hydroxylation is 1. The Hall–Kier alpha value is -2.54. The minimum absolute atomic E-state index is 0.263. The molecule has 0 bridgehead atoms. The number of hydrogen-bond acceptors (Lipinski definition) is 5. The number of fused-ring (bicyclic) bond motifs is 1. The van der Waals surface area contributed by atoms with Crippen molar-refractivity contribution < 1.29 is 4.79 Å². The van der Waals surface area contributed by atoms with Crippen molar-refractivity contribution in [3.63, 3.8) is 0 Å². The number of benzene rings is 1. The Morgan fingerprint density at radius 1 is 1.33 bits per heavy atom. The Bertz CT molecular complexity index is 842. The van der Waals surface area contributed by atoms with Crippen LogP contribution in [0.5, 0.6) is 0 Å². The van der Waals surface area contributed by atoms with E-state index < -0.39 is 5.91 Å². The first-order chi connectivity index (χ1) is 10.0. The fraction of sp³-hybridized carbons (Fsp3) is 0.0714. The van der Waals surface area contributed by atoms with Gasteiger partial charge in [-0.25, -0.2) is 9.97 Å². The summed E-state index contributed by atoms with van der Waals surface area (Å²) in [5.74, 6) is -0.572. The summed E-state index contributed by atoms with van der Waals surface area (Å²) in [6.45, 7) is 2.02. The van der Waals surface area contributed by atoms with E-state index >= 15 is 0 Å². The molecule has 0 radical (unpaired) electrons. The molecule has 3 rings (SSSR count). The smallest absolute Gasteiger partial charge is 0.250 e. The first-order valence-corrected chi connectivity index (χ1v) is 7.04. The molecule has 0 aliphatic rings. The predicted octanol–water partition coefficient (Wildman–Crippen LogP) is 2.10. The summed E-state index contributed by atoms with van der Waals surface area (Å²) >= 11 is 1.32. The van der Waals surface area contributed by atoms with Gasteiger partial charge in [0.2, 0.25) is 0 Å². The minimum atomic E-state index is -0.572. The number of nitrogens with one attached hydrogen (secondary N) is 1. The topological polar surface area (TPSA) is 111 Å². The van der Waals surface area contributed by atoms with Crippen molar-refractivity contribution in [1.29, 1.82) is 0 Å². The van der Waals surface area contributed by atoms with Gasteiger partial charge in [0.15, 0.2) is 5.16 Å². The van der Waals surface area contributed by atoms with Crippen LogP contribution in [0.4, 0.5) is 5.69 Å². The summed E-state index contributed by atoms with van der Waals surface area (Å²) in [5, 5.41) is 1.30. The molecule has 106 valence electrons. The van der Waals surface area contributed by atoms with E-state index in [9.17, 15) is 4.79 Å². The average molecular weight is 299 g/mol. The summed E-state index contributed by atoms with van der Waals surface area (Å²) in [4.78, 5) is 23.1. The second kappa shape index (κ2) is 5.10. The molecule has 0 unspecified atom stereocenters. The molecule has 2 heterocycles. The van der Waals surface area contributed by atoms with Gasteiger partial charge in [0.25, 0.3) is 5.91 Å². The van der Waals surface area contributed by atoms with Gasteiger partial charge in [0.05, 0.1) is 28.5 Å². The predicted molar refractivity (Wildman–Crippen MR) is 82.1 cm³/mol. The third-order valence-corrected chi connectivity index (χ3v) is 3.81. The molecule has 0 fully saturated rings. The fourth-order valence-corrected chi connectivity index (χ4v) is 2.75. The largest absolute Gasteiger partial charge is 0.397 e. The molecule has 1 amide bonds. The lowest BCUT2D eigenvalue weighted by Crippen LogP contribution is -2.13. The van der Waals surface area contributed by atoms with Crippen molar-refractivity contribution >= 4 is 34.4 Å². The van der Waals surface area contributed by atoms with E-state index in [2.05, 4.69) is 15.0 Å². The Morgan fingerprint density at radius 2 is 2.14 bits per heavy atom. The number of aromatic amines is 1. The van der Waals surface area contributed by atoms with Crippen molar-refractivity contribution in [2.75, 3.05) is 5.73 Å². The number of primary amides is 1. The molecule has 5 N–H and O–H groups in total. The number of anilines is 1. The minimum Gasteiger partial charge on any atom is -0.397 e. The van der Waals surface area contributed by atoms with Gasteiger partial charge in [-0.15, -0.1) is 0 Å². The normalized spacial score (nSPS) is 10.9. The monoisotopic (exact) mass is 299 g/mol. The van der Waals surface area contributed by atoms with Crippen LogP contribution in [0, 0.1) is 6.92 Å². The summed E-state index contributed by atoms with van der Waals surface area (Å²) < 4.78 is 0. The molecule has 0 aliphatic carbocycles. The summed E-state index contributed by atoms with van der Waals surface area (Å²) in [6, 6.07) is 7.55. The van der Waals surface area contributed by atoms with Crippen LogP contribution in [0.2, 0.25) is 0 Å². The van der Waals surface area contributed by atoms with Crippen LogP contribution in [0.25, 0.3) is 11.0 Å². The van der Waals surface area contributed by atoms with Crippen LogP contribution < -0.4 is 11.5 Å². The lowest BCUT2D eigenvalue weighted by molar-refractivity contribution is 0.100. The molecule has 2 aromatic heterocycles. The number of H-pyrrole nitrogens is 1. The number of amides is 1. The summed E-state index contributed by atoms with van der Waals surface area (Å²) in [5.41, 5.74) is 14.5. The second-order valence-corrected chi connectivity index (χ2v) is 5.65. The molecule has 0 saturated carbocycles. The van der Waals surface area contributed by atoms with E-state index in [0.29, 0.717) is 10.2 Å². The average Bonchev–Trinajstić information content (AvgIpc) is 2.82. The van der Waals surface area contributed by atoms with Crippen LogP contribution in [-0.2, 0) is 0 Å². The number of nitrogens with two attached hydrogens (primary N) is 2. The molecule has 3 aromatic rings. The highest BCUT2D eigenvalue weighted by Gasteiger charge is 2.11. The number of nitrogen functional groups attached to an aromatic ring is 1. The van der Waals surface area contributed by atoms with Gasteiger partial charge in [-0.3, -0.25) is 4.79 Å². The molecular formula is C14H13N5OS. The van der Waals surface area contributed by atoms with Gasteiger partial charge in [-0.2, -0.15) is 0 Å². The Labute approximate surface area is 125 Å². The molecule has 21 heavy (non-hydrogen) atoms. The zero-order chi connectivity index (χ0) is 15.0. The van der Waals surface area contributed by atoms with Crippen molar-refractivity contribution in [3.05, 3.63) is 41.6 Å². The molecule has 1 aromatic carbocycles. The quantitative estimate of drug-likeness (QED) is 0.686. The fourth-order valence-electron chi connectivity index (χ4n) is 1.96. The number of rotatable bonds is 3. The van der Waals surface area contributed by atoms with Crippen LogP contribution in [-0.4, -0.2) is 20.9 Å². The Kier molecular flexibility index (Phi) is 3.26. The highest BCUT2D eigenvalue weighted by atomic mass is 32.2. The zero-order valence-electron chi connectivity index (χ0n) is 11.3. The van der Waals surface area contributed by atoms with Gasteiger partial charge in [-0.1, -0.05) is 6.07 Å². The standard InChI is InChI=1S/C14H13N5OS/c1-7-2-3-10-11(4-7)19-14(18-10)21-12-5-8(13(16)20)9(15)6-17-12/h2-6H,15H2,1H3,(H2,16,20)(H,18,19). The highest BCUT2D eigenvalue weighted by molar-refractivity contribution is 7.99. The van der Waals surface area contributed by atoms with E-state index in [0.717, 1.165) is 16.6 Å². The van der Waals surface area contributed by atoms with E-state index in [4.69, 9.17) is 11.5 Å². The van der Waals surface area contributed by atoms with Crippen LogP contribution in [0.3, 0.4) is 0 Å². The Balaban J connectivity index is 1.94. The molecule has 0 saturated heterocycles. The zero-order valence-corrected chi connectivity index (χ0v) is 12.1. The molecule has 0 aliphatic heterocycles. The maximum absolute atomic E-state index is 11.3. The third kappa shape index (κ3) is 2.68. The molecule has 6 nitrogen and oxygen atoms in total. The number of nitrogens with zero attached hydrogens (tertiary/aromatic N) is 2. The number of carbonyl (C=O) groups is 1. The van der Waals surface area contributed by atoms with Crippen molar-refractivity contribution in [3.8, 4) is 0 Å². The highest BCUT2D eigenvalue weighted by Crippen LogP contribution is 2.27. The number of hydrogen-bond donors (Lipinski definition) is 3. The number of carbonyl (C=O) groups excluding carboxylic acids is 1.